The number of nitrogens with zero attached hydrogens (tertiary/aromatic N) is 2. The summed E-state index contributed by atoms with van der Waals surface area (Å²) in [5.74, 6) is -1.50. The number of aromatic nitrogens is 1. The van der Waals surface area contributed by atoms with Crippen molar-refractivity contribution in [1.29, 1.82) is 0 Å². The third-order valence-electron chi connectivity index (χ3n) is 9.34. The first-order chi connectivity index (χ1) is 21.1. The predicted octanol–water partition coefficient (Wildman–Crippen LogP) is 6.99. The van der Waals surface area contributed by atoms with Crippen LogP contribution < -0.4 is 4.90 Å². The Bertz CT molecular complexity index is 1910. The summed E-state index contributed by atoms with van der Waals surface area (Å²) in [6.45, 7) is 5.51. The number of ether oxygens (including phenoxy) is 1. The largest absolute Gasteiger partial charge is 0.451 e. The van der Waals surface area contributed by atoms with Crippen LogP contribution in [0.3, 0.4) is 0 Å². The second-order valence-corrected chi connectivity index (χ2v) is 12.4. The van der Waals surface area contributed by atoms with E-state index in [9.17, 15) is 19.2 Å². The summed E-state index contributed by atoms with van der Waals surface area (Å²) < 4.78 is 5.66. The maximum absolute atomic E-state index is 13.5. The highest BCUT2D eigenvalue weighted by Gasteiger charge is 2.60. The third kappa shape index (κ3) is 4.46. The summed E-state index contributed by atoms with van der Waals surface area (Å²) in [7, 11) is 0. The summed E-state index contributed by atoms with van der Waals surface area (Å²) in [5.41, 5.74) is 5.15. The molecule has 2 amide bonds. The first-order valence-corrected chi connectivity index (χ1v) is 15.1. The Morgan fingerprint density at radius 2 is 1.66 bits per heavy atom. The number of imide groups is 1. The average Bonchev–Trinajstić information content (AvgIpc) is 3.66. The number of hydrogen-bond acceptors (Lipinski definition) is 6. The zero-order valence-electron chi connectivity index (χ0n) is 24.4. The molecular formula is C36H29ClN2O5. The van der Waals surface area contributed by atoms with Crippen LogP contribution in [0.1, 0.15) is 46.5 Å². The van der Waals surface area contributed by atoms with Gasteiger partial charge in [0, 0.05) is 21.5 Å². The number of esters is 1. The number of para-hydroxylation sites is 1. The van der Waals surface area contributed by atoms with Gasteiger partial charge in [-0.05, 0) is 87.1 Å². The van der Waals surface area contributed by atoms with Crippen molar-refractivity contribution in [3.63, 3.8) is 0 Å². The molecule has 3 aliphatic rings. The lowest BCUT2D eigenvalue weighted by atomic mass is 9.82. The molecule has 1 aromatic heterocycles. The lowest BCUT2D eigenvalue weighted by Crippen LogP contribution is -2.32. The van der Waals surface area contributed by atoms with Crippen molar-refractivity contribution < 1.29 is 23.9 Å². The van der Waals surface area contributed by atoms with Gasteiger partial charge in [0.2, 0.25) is 17.6 Å². The Morgan fingerprint density at radius 1 is 0.955 bits per heavy atom. The second-order valence-electron chi connectivity index (χ2n) is 12.0. The number of aryl methyl sites for hydroxylation is 1. The van der Waals surface area contributed by atoms with E-state index in [1.165, 1.54) is 10.5 Å². The molecule has 1 saturated heterocycles. The van der Waals surface area contributed by atoms with Gasteiger partial charge in [0.25, 0.3) is 0 Å². The maximum atomic E-state index is 13.5. The van der Waals surface area contributed by atoms with Crippen LogP contribution in [0.15, 0.2) is 84.4 Å². The summed E-state index contributed by atoms with van der Waals surface area (Å²) in [5, 5.41) is 1.12. The van der Waals surface area contributed by atoms with Crippen LogP contribution in [-0.4, -0.2) is 34.7 Å². The molecule has 3 aromatic carbocycles. The van der Waals surface area contributed by atoms with E-state index in [-0.39, 0.29) is 46.8 Å². The number of carbonyl (C=O) groups excluding carboxylic acids is 4. The van der Waals surface area contributed by atoms with Gasteiger partial charge < -0.3 is 4.74 Å². The van der Waals surface area contributed by atoms with Gasteiger partial charge in [-0.2, -0.15) is 0 Å². The SMILES string of the molecule is CC1=CC2CC1C1C(=O)N(c3ccc(-c4cc(C(=O)OC(C)C(=O)c5ccc(Cl)cc5)c5cccc(C)c5n4)cc3)C(=O)C21. The Balaban J connectivity index is 1.18. The molecule has 7 nitrogen and oxygen atoms in total. The van der Waals surface area contributed by atoms with Crippen LogP contribution in [0.25, 0.3) is 22.2 Å². The van der Waals surface area contributed by atoms with Gasteiger partial charge in [0.15, 0.2) is 6.10 Å². The van der Waals surface area contributed by atoms with Gasteiger partial charge in [-0.3, -0.25) is 19.3 Å². The highest BCUT2D eigenvalue weighted by molar-refractivity contribution is 6.30. The molecule has 1 aliphatic heterocycles. The van der Waals surface area contributed by atoms with Crippen molar-refractivity contribution in [1.82, 2.24) is 4.98 Å². The van der Waals surface area contributed by atoms with Crippen LogP contribution in [0.5, 0.6) is 0 Å². The number of ketones is 1. The maximum Gasteiger partial charge on any atom is 0.339 e. The van der Waals surface area contributed by atoms with E-state index in [0.717, 1.165) is 12.0 Å². The van der Waals surface area contributed by atoms with E-state index in [2.05, 4.69) is 13.0 Å². The molecule has 8 heteroatoms. The molecule has 2 heterocycles. The Hall–Kier alpha value is -4.62. The van der Waals surface area contributed by atoms with Crippen LogP contribution in [0.4, 0.5) is 5.69 Å². The fraction of sp³-hybridized carbons (Fsp3) is 0.250. The van der Waals surface area contributed by atoms with Crippen molar-refractivity contribution in [2.24, 2.45) is 23.7 Å². The van der Waals surface area contributed by atoms with E-state index in [1.54, 1.807) is 67.6 Å². The van der Waals surface area contributed by atoms with Gasteiger partial charge in [-0.25, -0.2) is 9.78 Å². The van der Waals surface area contributed by atoms with Crippen LogP contribution in [0, 0.1) is 30.6 Å². The Kier molecular flexibility index (Phi) is 6.74. The van der Waals surface area contributed by atoms with Crippen molar-refractivity contribution >= 4 is 51.8 Å². The summed E-state index contributed by atoms with van der Waals surface area (Å²) in [6, 6.07) is 20.7. The van der Waals surface area contributed by atoms with Gasteiger partial charge in [0.05, 0.1) is 34.3 Å². The van der Waals surface area contributed by atoms with E-state index < -0.39 is 12.1 Å². The van der Waals surface area contributed by atoms with Crippen molar-refractivity contribution in [2.45, 2.75) is 33.3 Å². The highest BCUT2D eigenvalue weighted by atomic mass is 35.5. The smallest absolute Gasteiger partial charge is 0.339 e. The number of amides is 2. The second kappa shape index (κ2) is 10.5. The monoisotopic (exact) mass is 604 g/mol. The molecule has 0 N–H and O–H groups in total. The third-order valence-corrected chi connectivity index (χ3v) is 9.60. The Morgan fingerprint density at radius 3 is 2.39 bits per heavy atom. The van der Waals surface area contributed by atoms with Gasteiger partial charge in [-0.1, -0.05) is 53.6 Å². The number of carbonyl (C=O) groups is 4. The standard InChI is InChI=1S/C36H29ClN2O5/c1-18-5-4-6-26-28(36(43)44-20(3)33(40)22-7-11-24(37)12-8-22)17-29(38-32(18)26)21-9-13-25(14-10-21)39-34(41)30-23-15-19(2)27(16-23)31(30)35(39)42/h4-15,17,20,23,27,30-31H,16H2,1-3H3. The minimum Gasteiger partial charge on any atom is -0.451 e. The zero-order valence-corrected chi connectivity index (χ0v) is 25.2. The number of allylic oxidation sites excluding steroid dienone is 2. The van der Waals surface area contributed by atoms with Crippen LogP contribution >= 0.6 is 11.6 Å². The molecule has 2 bridgehead atoms. The number of Topliss-reactive ketones (excluding diaryl/α,β-unsaturated/α-hetero) is 1. The highest BCUT2D eigenvalue weighted by Crippen LogP contribution is 2.56. The van der Waals surface area contributed by atoms with Gasteiger partial charge in [-0.15, -0.1) is 0 Å². The minimum atomic E-state index is -1.02. The quantitative estimate of drug-likeness (QED) is 0.102. The lowest BCUT2D eigenvalue weighted by molar-refractivity contribution is -0.123. The number of hydrogen-bond donors (Lipinski definition) is 0. The number of rotatable bonds is 6. The van der Waals surface area contributed by atoms with Crippen LogP contribution in [-0.2, 0) is 14.3 Å². The molecule has 2 fully saturated rings. The molecule has 44 heavy (non-hydrogen) atoms. The number of halogens is 1. The summed E-state index contributed by atoms with van der Waals surface area (Å²) in [6.07, 6.45) is 2.02. The summed E-state index contributed by atoms with van der Waals surface area (Å²) in [4.78, 5) is 59.5. The summed E-state index contributed by atoms with van der Waals surface area (Å²) >= 11 is 5.95. The van der Waals surface area contributed by atoms with Crippen molar-refractivity contribution in [2.75, 3.05) is 4.90 Å². The normalized spacial score (nSPS) is 22.7. The minimum absolute atomic E-state index is 0.126. The number of pyridine rings is 1. The van der Waals surface area contributed by atoms with Crippen molar-refractivity contribution in [3.8, 4) is 11.3 Å². The van der Waals surface area contributed by atoms with E-state index >= 15 is 0 Å². The molecule has 1 saturated carbocycles. The number of benzene rings is 3. The zero-order chi connectivity index (χ0) is 30.9. The fourth-order valence-electron chi connectivity index (χ4n) is 7.15. The molecule has 0 radical (unpaired) electrons. The molecular weight excluding hydrogens is 576 g/mol. The van der Waals surface area contributed by atoms with Crippen molar-refractivity contribution in [3.05, 3.63) is 106 Å². The average molecular weight is 605 g/mol. The first-order valence-electron chi connectivity index (χ1n) is 14.7. The van der Waals surface area contributed by atoms with E-state index in [4.69, 9.17) is 21.3 Å². The Labute approximate surface area is 259 Å². The molecule has 220 valence electrons. The molecule has 7 rings (SSSR count). The number of anilines is 1. The van der Waals surface area contributed by atoms with E-state index in [1.807, 2.05) is 19.1 Å². The first kappa shape index (κ1) is 28.2. The molecule has 0 spiro atoms. The van der Waals surface area contributed by atoms with Gasteiger partial charge >= 0.3 is 5.97 Å². The molecule has 5 unspecified atom stereocenters. The molecule has 4 aromatic rings. The van der Waals surface area contributed by atoms with E-state index in [0.29, 0.717) is 38.4 Å². The van der Waals surface area contributed by atoms with Crippen LogP contribution in [0.2, 0.25) is 5.02 Å². The predicted molar refractivity (Wildman–Crippen MR) is 167 cm³/mol. The van der Waals surface area contributed by atoms with Gasteiger partial charge in [0.1, 0.15) is 0 Å². The number of fused-ring (bicyclic) bond motifs is 6. The topological polar surface area (TPSA) is 93.6 Å². The molecule has 5 atom stereocenters. The molecule has 2 aliphatic carbocycles. The fourth-order valence-corrected chi connectivity index (χ4v) is 7.27. The lowest BCUT2D eigenvalue weighted by Gasteiger charge is -2.19.